The Morgan fingerprint density at radius 3 is 2.62 bits per heavy atom. The van der Waals surface area contributed by atoms with Crippen molar-refractivity contribution in [1.29, 1.82) is 0 Å². The van der Waals surface area contributed by atoms with Crippen LogP contribution in [0, 0.1) is 0 Å². The van der Waals surface area contributed by atoms with E-state index >= 15 is 0 Å². The monoisotopic (exact) mass is 371 g/mol. The van der Waals surface area contributed by atoms with Crippen LogP contribution < -0.4 is 10.2 Å². The van der Waals surface area contributed by atoms with E-state index in [9.17, 15) is 9.59 Å². The number of quaternary nitrogens is 1. The Bertz CT molecular complexity index is 745. The molecule has 0 fully saturated rings. The molecule has 0 spiro atoms. The van der Waals surface area contributed by atoms with Crippen molar-refractivity contribution >= 4 is 40.8 Å². The summed E-state index contributed by atoms with van der Waals surface area (Å²) in [6.45, 7) is 0.667. The number of halogens is 2. The molecule has 0 aliphatic heterocycles. The molecular formula is C16H17Cl2N2O4+. The van der Waals surface area contributed by atoms with E-state index in [0.717, 1.165) is 4.90 Å². The Kier molecular flexibility index (Phi) is 6.25. The molecule has 0 bridgehead atoms. The van der Waals surface area contributed by atoms with E-state index in [1.165, 1.54) is 7.11 Å². The zero-order chi connectivity index (χ0) is 17.7. The maximum absolute atomic E-state index is 12.1. The molecule has 1 unspecified atom stereocenters. The number of nitrogens with one attached hydrogen (secondary N) is 2. The largest absolute Gasteiger partial charge is 0.463 e. The number of anilines is 1. The lowest BCUT2D eigenvalue weighted by molar-refractivity contribution is -0.886. The number of methoxy groups -OCH3 is 1. The fourth-order valence-electron chi connectivity index (χ4n) is 2.10. The number of rotatable bonds is 6. The summed E-state index contributed by atoms with van der Waals surface area (Å²) in [7, 11) is 3.13. The smallest absolute Gasteiger partial charge is 0.373 e. The molecule has 0 saturated heterocycles. The van der Waals surface area contributed by atoms with Gasteiger partial charge in [-0.1, -0.05) is 23.2 Å². The molecule has 0 saturated carbocycles. The summed E-state index contributed by atoms with van der Waals surface area (Å²) >= 11 is 11.7. The van der Waals surface area contributed by atoms with Crippen molar-refractivity contribution < 1.29 is 23.6 Å². The van der Waals surface area contributed by atoms with Crippen LogP contribution in [0.2, 0.25) is 10.0 Å². The lowest BCUT2D eigenvalue weighted by Gasteiger charge is -2.12. The van der Waals surface area contributed by atoms with E-state index in [0.29, 0.717) is 28.0 Å². The molecule has 1 aromatic carbocycles. The van der Waals surface area contributed by atoms with Crippen LogP contribution >= 0.6 is 23.2 Å². The van der Waals surface area contributed by atoms with Crippen LogP contribution in [-0.2, 0) is 16.1 Å². The van der Waals surface area contributed by atoms with Gasteiger partial charge in [-0.2, -0.15) is 0 Å². The molecule has 1 amide bonds. The van der Waals surface area contributed by atoms with Crippen LogP contribution in [0.25, 0.3) is 0 Å². The third-order valence-electron chi connectivity index (χ3n) is 3.19. The first-order valence-electron chi connectivity index (χ1n) is 7.12. The van der Waals surface area contributed by atoms with Gasteiger partial charge in [0.15, 0.2) is 12.3 Å². The van der Waals surface area contributed by atoms with Crippen molar-refractivity contribution in [1.82, 2.24) is 0 Å². The fraction of sp³-hybridized carbons (Fsp3) is 0.250. The number of likely N-dealkylation sites (N-methyl/N-ethyl adjacent to an activating group) is 1. The van der Waals surface area contributed by atoms with Gasteiger partial charge in [0.1, 0.15) is 6.54 Å². The Morgan fingerprint density at radius 1 is 1.21 bits per heavy atom. The first-order valence-corrected chi connectivity index (χ1v) is 7.88. The molecule has 8 heteroatoms. The Morgan fingerprint density at radius 2 is 1.96 bits per heavy atom. The molecule has 128 valence electrons. The third kappa shape index (κ3) is 4.99. The van der Waals surface area contributed by atoms with E-state index in [2.05, 4.69) is 10.1 Å². The zero-order valence-corrected chi connectivity index (χ0v) is 14.7. The van der Waals surface area contributed by atoms with Crippen LogP contribution in [0.1, 0.15) is 16.3 Å². The quantitative estimate of drug-likeness (QED) is 0.762. The molecule has 0 aliphatic rings. The average Bonchev–Trinajstić information content (AvgIpc) is 2.98. The van der Waals surface area contributed by atoms with Crippen LogP contribution in [-0.4, -0.2) is 32.6 Å². The second kappa shape index (κ2) is 8.19. The minimum absolute atomic E-state index is 0.139. The van der Waals surface area contributed by atoms with Crippen molar-refractivity contribution in [2.24, 2.45) is 0 Å². The number of carbonyl (C=O) groups is 2. The van der Waals surface area contributed by atoms with E-state index in [-0.39, 0.29) is 18.2 Å². The van der Waals surface area contributed by atoms with Gasteiger partial charge in [-0.3, -0.25) is 4.79 Å². The highest BCUT2D eigenvalue weighted by atomic mass is 35.5. The number of carbonyl (C=O) groups excluding carboxylic acids is 2. The standard InChI is InChI=1S/C16H16Cl2N2O4/c1-20(8-11-4-6-14(24-11)16(22)23-2)9-15(21)19-10-3-5-12(17)13(18)7-10/h3-7H,8-9H2,1-2H3,(H,19,21)/p+1. The summed E-state index contributed by atoms with van der Waals surface area (Å²) < 4.78 is 9.96. The lowest BCUT2D eigenvalue weighted by atomic mass is 10.3. The van der Waals surface area contributed by atoms with Crippen LogP contribution in [0.5, 0.6) is 0 Å². The van der Waals surface area contributed by atoms with E-state index < -0.39 is 5.97 Å². The van der Waals surface area contributed by atoms with Gasteiger partial charge in [-0.05, 0) is 30.3 Å². The topological polar surface area (TPSA) is 73.0 Å². The molecule has 1 aromatic heterocycles. The second-order valence-corrected chi connectivity index (χ2v) is 6.06. The number of hydrogen-bond donors (Lipinski definition) is 2. The predicted octanol–water partition coefficient (Wildman–Crippen LogP) is 2.03. The highest BCUT2D eigenvalue weighted by Gasteiger charge is 2.16. The Hall–Kier alpha value is -2.02. The highest BCUT2D eigenvalue weighted by molar-refractivity contribution is 6.42. The molecule has 24 heavy (non-hydrogen) atoms. The average molecular weight is 372 g/mol. The fourth-order valence-corrected chi connectivity index (χ4v) is 2.39. The van der Waals surface area contributed by atoms with Crippen molar-refractivity contribution in [3.8, 4) is 0 Å². The van der Waals surface area contributed by atoms with Gasteiger partial charge in [-0.25, -0.2) is 4.79 Å². The van der Waals surface area contributed by atoms with Gasteiger partial charge in [-0.15, -0.1) is 0 Å². The summed E-state index contributed by atoms with van der Waals surface area (Å²) in [5.74, 6) is 0.0256. The van der Waals surface area contributed by atoms with Crippen molar-refractivity contribution in [3.63, 3.8) is 0 Å². The molecule has 0 radical (unpaired) electrons. The summed E-state index contributed by atoms with van der Waals surface area (Å²) in [6.07, 6.45) is 0. The maximum atomic E-state index is 12.1. The Balaban J connectivity index is 1.88. The number of ether oxygens (including phenoxy) is 1. The number of esters is 1. The molecule has 6 nitrogen and oxygen atoms in total. The first-order chi connectivity index (χ1) is 11.4. The van der Waals surface area contributed by atoms with Crippen molar-refractivity contribution in [3.05, 3.63) is 51.9 Å². The number of furan rings is 1. The van der Waals surface area contributed by atoms with Gasteiger partial charge < -0.3 is 19.4 Å². The second-order valence-electron chi connectivity index (χ2n) is 5.25. The third-order valence-corrected chi connectivity index (χ3v) is 3.93. The minimum Gasteiger partial charge on any atom is -0.463 e. The van der Waals surface area contributed by atoms with E-state index in [4.69, 9.17) is 27.6 Å². The molecule has 2 N–H and O–H groups in total. The van der Waals surface area contributed by atoms with Gasteiger partial charge in [0.05, 0.1) is 24.2 Å². The number of amides is 1. The predicted molar refractivity (Wildman–Crippen MR) is 90.6 cm³/mol. The van der Waals surface area contributed by atoms with Crippen LogP contribution in [0.3, 0.4) is 0 Å². The number of hydrogen-bond acceptors (Lipinski definition) is 4. The number of benzene rings is 1. The molecular weight excluding hydrogens is 355 g/mol. The summed E-state index contributed by atoms with van der Waals surface area (Å²) in [5.41, 5.74) is 0.577. The Labute approximate surface area is 149 Å². The van der Waals surface area contributed by atoms with Crippen molar-refractivity contribution in [2.75, 3.05) is 26.0 Å². The first kappa shape index (κ1) is 18.3. The lowest BCUT2D eigenvalue weighted by Crippen LogP contribution is -3.08. The maximum Gasteiger partial charge on any atom is 0.373 e. The van der Waals surface area contributed by atoms with Gasteiger partial charge in [0.2, 0.25) is 5.76 Å². The van der Waals surface area contributed by atoms with Crippen LogP contribution in [0.4, 0.5) is 5.69 Å². The summed E-state index contributed by atoms with van der Waals surface area (Å²) in [4.78, 5) is 24.3. The molecule has 2 aromatic rings. The summed E-state index contributed by atoms with van der Waals surface area (Å²) in [5, 5.41) is 3.56. The molecule has 1 atom stereocenters. The van der Waals surface area contributed by atoms with E-state index in [1.807, 2.05) is 7.05 Å². The van der Waals surface area contributed by atoms with Crippen molar-refractivity contribution in [2.45, 2.75) is 6.54 Å². The van der Waals surface area contributed by atoms with Crippen LogP contribution in [0.15, 0.2) is 34.7 Å². The zero-order valence-electron chi connectivity index (χ0n) is 13.2. The molecule has 1 heterocycles. The van der Waals surface area contributed by atoms with E-state index in [1.54, 1.807) is 30.3 Å². The molecule has 2 rings (SSSR count). The van der Waals surface area contributed by atoms with Gasteiger partial charge in [0.25, 0.3) is 5.91 Å². The van der Waals surface area contributed by atoms with Gasteiger partial charge >= 0.3 is 5.97 Å². The normalized spacial score (nSPS) is 11.8. The SMILES string of the molecule is COC(=O)c1ccc(C[NH+](C)CC(=O)Nc2ccc(Cl)c(Cl)c2)o1. The highest BCUT2D eigenvalue weighted by Crippen LogP contribution is 2.24. The summed E-state index contributed by atoms with van der Waals surface area (Å²) in [6, 6.07) is 8.12. The molecule has 0 aliphatic carbocycles. The minimum atomic E-state index is -0.531. The van der Waals surface area contributed by atoms with Gasteiger partial charge in [0, 0.05) is 5.69 Å².